The minimum atomic E-state index is -3.55. The van der Waals surface area contributed by atoms with Crippen molar-refractivity contribution < 1.29 is 17.7 Å². The van der Waals surface area contributed by atoms with Crippen molar-refractivity contribution in [1.82, 2.24) is 5.32 Å². The molecule has 0 aliphatic heterocycles. The molecule has 5 nitrogen and oxygen atoms in total. The molecule has 0 atom stereocenters. The Balaban J connectivity index is 3.65. The quantitative estimate of drug-likeness (QED) is 0.401. The van der Waals surface area contributed by atoms with Crippen LogP contribution in [0.2, 0.25) is 0 Å². The second kappa shape index (κ2) is 4.62. The molecule has 0 rings (SSSR count). The molecule has 2 N–H and O–H groups in total. The minimum Gasteiger partial charge on any atom is -0.369 e. The summed E-state index contributed by atoms with van der Waals surface area (Å²) >= 11 is 0. The fourth-order valence-electron chi connectivity index (χ4n) is 0.349. The van der Waals surface area contributed by atoms with E-state index in [2.05, 4.69) is 9.50 Å². The smallest absolute Gasteiger partial charge is 0.282 e. The first-order chi connectivity index (χ1) is 4.62. The summed E-state index contributed by atoms with van der Waals surface area (Å²) in [6.07, 6.45) is 0. The van der Waals surface area contributed by atoms with Crippen molar-refractivity contribution in [3.63, 3.8) is 0 Å². The van der Waals surface area contributed by atoms with Crippen LogP contribution in [0.5, 0.6) is 0 Å². The van der Waals surface area contributed by atoms with Gasteiger partial charge in [0.15, 0.2) is 6.79 Å². The van der Waals surface area contributed by atoms with Crippen molar-refractivity contribution >= 4 is 10.1 Å². The van der Waals surface area contributed by atoms with Crippen LogP contribution in [0.3, 0.4) is 0 Å². The summed E-state index contributed by atoms with van der Waals surface area (Å²) in [4.78, 5) is 0. The van der Waals surface area contributed by atoms with E-state index in [-0.39, 0.29) is 5.88 Å². The summed E-state index contributed by atoms with van der Waals surface area (Å²) in [7, 11) is -3.55. The fourth-order valence-corrected chi connectivity index (χ4v) is 1.05. The van der Waals surface area contributed by atoms with Crippen LogP contribution in [0.25, 0.3) is 0 Å². The molecule has 62 valence electrons. The Morgan fingerprint density at radius 2 is 2.20 bits per heavy atom. The van der Waals surface area contributed by atoms with Crippen molar-refractivity contribution in [2.24, 2.45) is 0 Å². The van der Waals surface area contributed by atoms with E-state index in [1.165, 1.54) is 0 Å². The molecule has 0 radical (unpaired) electrons. The van der Waals surface area contributed by atoms with Crippen LogP contribution in [0.4, 0.5) is 0 Å². The zero-order valence-electron chi connectivity index (χ0n) is 5.70. The van der Waals surface area contributed by atoms with Gasteiger partial charge in [-0.15, -0.1) is 0 Å². The van der Waals surface area contributed by atoms with Gasteiger partial charge < -0.3 is 10.4 Å². The number of rotatable bonds is 5. The van der Waals surface area contributed by atoms with Gasteiger partial charge in [-0.05, 0) is 6.54 Å². The number of aliphatic hydroxyl groups is 1. The first-order valence-electron chi connectivity index (χ1n) is 2.81. The Morgan fingerprint density at radius 1 is 1.60 bits per heavy atom. The van der Waals surface area contributed by atoms with Crippen molar-refractivity contribution in [2.45, 2.75) is 6.92 Å². The van der Waals surface area contributed by atoms with Gasteiger partial charge in [0, 0.05) is 0 Å². The molecule has 0 aliphatic carbocycles. The Bertz CT molecular complexity index is 164. The fraction of sp³-hybridized carbons (Fsp3) is 1.00. The van der Waals surface area contributed by atoms with Crippen molar-refractivity contribution in [3.05, 3.63) is 0 Å². The van der Waals surface area contributed by atoms with Crippen molar-refractivity contribution in [1.29, 1.82) is 0 Å². The third kappa shape index (κ3) is 4.68. The maximum Gasteiger partial charge on any atom is 0.282 e. The number of hydrogen-bond donors (Lipinski definition) is 2. The predicted molar refractivity (Wildman–Crippen MR) is 35.6 cm³/mol. The summed E-state index contributed by atoms with van der Waals surface area (Å²) in [6, 6.07) is 0. The molecule has 0 unspecified atom stereocenters. The maximum absolute atomic E-state index is 10.5. The highest BCUT2D eigenvalue weighted by molar-refractivity contribution is 7.86. The van der Waals surface area contributed by atoms with Gasteiger partial charge in [-0.3, -0.25) is 0 Å². The van der Waals surface area contributed by atoms with E-state index in [4.69, 9.17) is 5.11 Å². The predicted octanol–water partition coefficient (Wildman–Crippen LogP) is -1.15. The zero-order valence-corrected chi connectivity index (χ0v) is 6.52. The van der Waals surface area contributed by atoms with Crippen LogP contribution in [-0.4, -0.2) is 32.7 Å². The van der Waals surface area contributed by atoms with Crippen molar-refractivity contribution in [3.8, 4) is 0 Å². The monoisotopic (exact) mass is 169 g/mol. The molecule has 0 spiro atoms. The lowest BCUT2D eigenvalue weighted by Gasteiger charge is -2.01. The average molecular weight is 169 g/mol. The highest BCUT2D eigenvalue weighted by atomic mass is 32.2. The van der Waals surface area contributed by atoms with E-state index in [1.54, 1.807) is 6.92 Å². The molecular weight excluding hydrogens is 158 g/mol. The van der Waals surface area contributed by atoms with Gasteiger partial charge in [-0.2, -0.15) is 8.42 Å². The summed E-state index contributed by atoms with van der Waals surface area (Å²) < 4.78 is 25.1. The Labute approximate surface area is 60.1 Å². The van der Waals surface area contributed by atoms with E-state index in [9.17, 15) is 8.42 Å². The van der Waals surface area contributed by atoms with Crippen LogP contribution in [-0.2, 0) is 14.3 Å². The van der Waals surface area contributed by atoms with Gasteiger partial charge in [-0.1, -0.05) is 6.92 Å². The second-order valence-corrected chi connectivity index (χ2v) is 3.19. The van der Waals surface area contributed by atoms with E-state index in [1.807, 2.05) is 0 Å². The topological polar surface area (TPSA) is 75.6 Å². The molecule has 0 bridgehead atoms. The van der Waals surface area contributed by atoms with Gasteiger partial charge in [0.2, 0.25) is 0 Å². The maximum atomic E-state index is 10.5. The molecule has 10 heavy (non-hydrogen) atoms. The van der Waals surface area contributed by atoms with Gasteiger partial charge in [0.05, 0.1) is 0 Å². The first-order valence-corrected chi connectivity index (χ1v) is 4.39. The lowest BCUT2D eigenvalue weighted by atomic mass is 10.8. The Kier molecular flexibility index (Phi) is 4.54. The first kappa shape index (κ1) is 9.83. The lowest BCUT2D eigenvalue weighted by Crippen LogP contribution is -2.24. The summed E-state index contributed by atoms with van der Waals surface area (Å²) in [5.74, 6) is -0.260. The normalized spacial score (nSPS) is 11.8. The molecule has 0 heterocycles. The average Bonchev–Trinajstić information content (AvgIpc) is 1.84. The molecule has 6 heteroatoms. The number of nitrogens with one attached hydrogen (secondary N) is 1. The SMILES string of the molecule is CCNCS(=O)(=O)OCO. The Morgan fingerprint density at radius 3 is 2.60 bits per heavy atom. The molecule has 0 fully saturated rings. The summed E-state index contributed by atoms with van der Waals surface area (Å²) in [5.41, 5.74) is 0. The third-order valence-corrected chi connectivity index (χ3v) is 1.78. The largest absolute Gasteiger partial charge is 0.369 e. The van der Waals surface area contributed by atoms with Gasteiger partial charge >= 0.3 is 0 Å². The van der Waals surface area contributed by atoms with E-state index < -0.39 is 16.9 Å². The van der Waals surface area contributed by atoms with Crippen LogP contribution in [0.15, 0.2) is 0 Å². The van der Waals surface area contributed by atoms with Crippen LogP contribution in [0.1, 0.15) is 6.92 Å². The highest BCUT2D eigenvalue weighted by Crippen LogP contribution is 1.87. The van der Waals surface area contributed by atoms with Crippen LogP contribution in [0, 0.1) is 0 Å². The molecule has 0 aromatic heterocycles. The molecule has 0 aromatic rings. The molecule has 0 aliphatic rings. The Hall–Kier alpha value is -0.170. The van der Waals surface area contributed by atoms with Crippen LogP contribution < -0.4 is 5.32 Å². The third-order valence-electron chi connectivity index (χ3n) is 0.761. The number of aliphatic hydroxyl groups excluding tert-OH is 1. The molecular formula is C4H11NO4S. The zero-order chi connectivity index (χ0) is 8.04. The van der Waals surface area contributed by atoms with E-state index in [0.717, 1.165) is 0 Å². The van der Waals surface area contributed by atoms with E-state index >= 15 is 0 Å². The van der Waals surface area contributed by atoms with Gasteiger partial charge in [-0.25, -0.2) is 4.18 Å². The summed E-state index contributed by atoms with van der Waals surface area (Å²) in [6.45, 7) is 1.52. The molecule has 0 amide bonds. The molecule has 0 aromatic carbocycles. The molecule has 0 saturated heterocycles. The van der Waals surface area contributed by atoms with E-state index in [0.29, 0.717) is 6.54 Å². The van der Waals surface area contributed by atoms with Gasteiger partial charge in [0.25, 0.3) is 10.1 Å². The van der Waals surface area contributed by atoms with Gasteiger partial charge in [0.1, 0.15) is 5.88 Å². The lowest BCUT2D eigenvalue weighted by molar-refractivity contribution is 0.104. The standard InChI is InChI=1S/C4H11NO4S/c1-2-5-3-10(7,8)9-4-6/h5-6H,2-4H2,1H3. The van der Waals surface area contributed by atoms with Crippen molar-refractivity contribution in [2.75, 3.05) is 19.2 Å². The molecule has 0 saturated carbocycles. The highest BCUT2D eigenvalue weighted by Gasteiger charge is 2.07. The summed E-state index contributed by atoms with van der Waals surface area (Å²) in [5, 5.41) is 10.6. The second-order valence-electron chi connectivity index (χ2n) is 1.55. The minimum absolute atomic E-state index is 0.260. The number of hydrogen-bond acceptors (Lipinski definition) is 5. The van der Waals surface area contributed by atoms with Crippen LogP contribution >= 0.6 is 0 Å².